The highest BCUT2D eigenvalue weighted by atomic mass is 35.5. The number of piperazine rings is 1. The van der Waals surface area contributed by atoms with E-state index in [0.29, 0.717) is 16.5 Å². The van der Waals surface area contributed by atoms with E-state index in [9.17, 15) is 4.39 Å². The van der Waals surface area contributed by atoms with Crippen LogP contribution in [0.4, 0.5) is 4.39 Å². The predicted octanol–water partition coefficient (Wildman–Crippen LogP) is 4.12. The molecule has 1 N–H and O–H groups in total. The van der Waals surface area contributed by atoms with E-state index in [4.69, 9.17) is 23.2 Å². The zero-order valence-electron chi connectivity index (χ0n) is 11.9. The maximum atomic E-state index is 14.5. The molecule has 2 nitrogen and oxygen atoms in total. The van der Waals surface area contributed by atoms with Gasteiger partial charge < -0.3 is 5.32 Å². The van der Waals surface area contributed by atoms with E-state index < -0.39 is 0 Å². The highest BCUT2D eigenvalue weighted by molar-refractivity contribution is 6.33. The summed E-state index contributed by atoms with van der Waals surface area (Å²) in [5, 5.41) is 3.94. The Kier molecular flexibility index (Phi) is 5.67. The minimum absolute atomic E-state index is 0.0108. The molecule has 1 saturated heterocycles. The average Bonchev–Trinajstić information content (AvgIpc) is 2.43. The molecule has 112 valence electrons. The zero-order chi connectivity index (χ0) is 14.7. The first-order valence-corrected chi connectivity index (χ1v) is 7.84. The lowest BCUT2D eigenvalue weighted by molar-refractivity contribution is 0.151. The monoisotopic (exact) mass is 318 g/mol. The molecule has 1 aliphatic heterocycles. The van der Waals surface area contributed by atoms with Gasteiger partial charge in [0.15, 0.2) is 0 Å². The standard InChI is InChI=1S/C15H21Cl2FN2/c1-10(2)9-13(20-7-5-19-6-8-20)14-11(16)3-4-12(17)15(14)18/h3-4,10,13,19H,5-9H2,1-2H3/t13-/m0/s1. The Hall–Kier alpha value is -0.350. The van der Waals surface area contributed by atoms with Gasteiger partial charge in [-0.05, 0) is 24.5 Å². The highest BCUT2D eigenvalue weighted by Crippen LogP contribution is 2.37. The number of halogens is 3. The lowest BCUT2D eigenvalue weighted by Crippen LogP contribution is -2.45. The van der Waals surface area contributed by atoms with Crippen molar-refractivity contribution >= 4 is 23.2 Å². The van der Waals surface area contributed by atoms with Crippen LogP contribution < -0.4 is 5.32 Å². The molecule has 1 aromatic carbocycles. The summed E-state index contributed by atoms with van der Waals surface area (Å²) in [5.41, 5.74) is 0.551. The SMILES string of the molecule is CC(C)C[C@@H](c1c(Cl)ccc(Cl)c1F)N1CCNCC1. The van der Waals surface area contributed by atoms with Crippen LogP contribution in [0.2, 0.25) is 10.0 Å². The normalized spacial score (nSPS) is 18.5. The van der Waals surface area contributed by atoms with Crippen molar-refractivity contribution in [2.24, 2.45) is 5.92 Å². The molecule has 2 rings (SSSR count). The second-order valence-corrected chi connectivity index (χ2v) is 6.50. The fraction of sp³-hybridized carbons (Fsp3) is 0.600. The molecular weight excluding hydrogens is 298 g/mol. The molecule has 0 spiro atoms. The highest BCUT2D eigenvalue weighted by Gasteiger charge is 2.28. The van der Waals surface area contributed by atoms with Gasteiger partial charge >= 0.3 is 0 Å². The van der Waals surface area contributed by atoms with Crippen LogP contribution in [0.1, 0.15) is 31.9 Å². The molecule has 0 amide bonds. The smallest absolute Gasteiger partial charge is 0.148 e. The van der Waals surface area contributed by atoms with E-state index in [0.717, 1.165) is 32.6 Å². The maximum absolute atomic E-state index is 14.5. The molecule has 0 bridgehead atoms. The molecule has 1 fully saturated rings. The average molecular weight is 319 g/mol. The summed E-state index contributed by atoms with van der Waals surface area (Å²) in [4.78, 5) is 2.30. The van der Waals surface area contributed by atoms with Gasteiger partial charge in [-0.2, -0.15) is 0 Å². The molecule has 0 unspecified atom stereocenters. The van der Waals surface area contributed by atoms with Crippen molar-refractivity contribution in [1.29, 1.82) is 0 Å². The molecule has 0 saturated carbocycles. The van der Waals surface area contributed by atoms with Gasteiger partial charge in [0.2, 0.25) is 0 Å². The zero-order valence-corrected chi connectivity index (χ0v) is 13.4. The Morgan fingerprint density at radius 1 is 1.20 bits per heavy atom. The molecule has 0 aliphatic carbocycles. The van der Waals surface area contributed by atoms with Gasteiger partial charge in [-0.15, -0.1) is 0 Å². The van der Waals surface area contributed by atoms with Gasteiger partial charge in [-0.1, -0.05) is 37.0 Å². The molecule has 0 aromatic heterocycles. The number of nitrogens with one attached hydrogen (secondary N) is 1. The summed E-state index contributed by atoms with van der Waals surface area (Å²) in [7, 11) is 0. The lowest BCUT2D eigenvalue weighted by Gasteiger charge is -2.36. The van der Waals surface area contributed by atoms with E-state index >= 15 is 0 Å². The first-order chi connectivity index (χ1) is 9.50. The summed E-state index contributed by atoms with van der Waals surface area (Å²) >= 11 is 12.2. The second-order valence-electron chi connectivity index (χ2n) is 5.69. The summed E-state index contributed by atoms with van der Waals surface area (Å²) in [5.74, 6) is 0.0904. The second kappa shape index (κ2) is 7.08. The number of rotatable bonds is 4. The van der Waals surface area contributed by atoms with Crippen molar-refractivity contribution in [1.82, 2.24) is 10.2 Å². The fourth-order valence-electron chi connectivity index (χ4n) is 2.74. The quantitative estimate of drug-likeness (QED) is 0.840. The van der Waals surface area contributed by atoms with Gasteiger partial charge in [0.25, 0.3) is 0 Å². The van der Waals surface area contributed by atoms with Crippen molar-refractivity contribution < 1.29 is 4.39 Å². The van der Waals surface area contributed by atoms with Gasteiger partial charge in [0.05, 0.1) is 5.02 Å². The van der Waals surface area contributed by atoms with Crippen LogP contribution in [0.15, 0.2) is 12.1 Å². The van der Waals surface area contributed by atoms with Crippen LogP contribution in [0.5, 0.6) is 0 Å². The maximum Gasteiger partial charge on any atom is 0.148 e. The van der Waals surface area contributed by atoms with Crippen LogP contribution in [-0.4, -0.2) is 31.1 Å². The third-order valence-corrected chi connectivity index (χ3v) is 4.32. The van der Waals surface area contributed by atoms with E-state index in [1.165, 1.54) is 6.07 Å². The van der Waals surface area contributed by atoms with Crippen LogP contribution in [-0.2, 0) is 0 Å². The van der Waals surface area contributed by atoms with E-state index in [-0.39, 0.29) is 16.9 Å². The number of hydrogen-bond acceptors (Lipinski definition) is 2. The van der Waals surface area contributed by atoms with Crippen LogP contribution in [0.25, 0.3) is 0 Å². The molecule has 0 radical (unpaired) electrons. The van der Waals surface area contributed by atoms with Crippen molar-refractivity contribution in [3.8, 4) is 0 Å². The van der Waals surface area contributed by atoms with E-state index in [2.05, 4.69) is 24.1 Å². The van der Waals surface area contributed by atoms with Gasteiger partial charge in [-0.3, -0.25) is 4.90 Å². The van der Waals surface area contributed by atoms with E-state index in [1.54, 1.807) is 6.07 Å². The summed E-state index contributed by atoms with van der Waals surface area (Å²) in [6.45, 7) is 7.94. The Morgan fingerprint density at radius 2 is 1.80 bits per heavy atom. The summed E-state index contributed by atoms with van der Waals surface area (Å²) in [6.07, 6.45) is 0.872. The Bertz CT molecular complexity index is 459. The number of hydrogen-bond donors (Lipinski definition) is 1. The fourth-order valence-corrected chi connectivity index (χ4v) is 3.17. The third kappa shape index (κ3) is 3.64. The van der Waals surface area contributed by atoms with Crippen molar-refractivity contribution in [2.45, 2.75) is 26.3 Å². The molecular formula is C15H21Cl2FN2. The predicted molar refractivity (Wildman–Crippen MR) is 83.1 cm³/mol. The Balaban J connectivity index is 2.37. The van der Waals surface area contributed by atoms with Crippen LogP contribution >= 0.6 is 23.2 Å². The van der Waals surface area contributed by atoms with E-state index in [1.807, 2.05) is 0 Å². The van der Waals surface area contributed by atoms with Crippen LogP contribution in [0.3, 0.4) is 0 Å². The third-order valence-electron chi connectivity index (χ3n) is 3.70. The van der Waals surface area contributed by atoms with Crippen molar-refractivity contribution in [2.75, 3.05) is 26.2 Å². The van der Waals surface area contributed by atoms with Crippen molar-refractivity contribution in [3.05, 3.63) is 33.6 Å². The van der Waals surface area contributed by atoms with Crippen LogP contribution in [0, 0.1) is 11.7 Å². The Labute approximate surface area is 130 Å². The molecule has 1 aromatic rings. The molecule has 5 heteroatoms. The summed E-state index contributed by atoms with van der Waals surface area (Å²) < 4.78 is 14.5. The first kappa shape index (κ1) is 16.0. The van der Waals surface area contributed by atoms with Gasteiger partial charge in [0, 0.05) is 42.8 Å². The number of nitrogens with zero attached hydrogens (tertiary/aromatic N) is 1. The minimum Gasteiger partial charge on any atom is -0.314 e. The Morgan fingerprint density at radius 3 is 2.40 bits per heavy atom. The minimum atomic E-state index is -0.372. The topological polar surface area (TPSA) is 15.3 Å². The summed E-state index contributed by atoms with van der Waals surface area (Å²) in [6, 6.07) is 3.20. The number of benzene rings is 1. The molecule has 1 atom stereocenters. The van der Waals surface area contributed by atoms with Crippen molar-refractivity contribution in [3.63, 3.8) is 0 Å². The first-order valence-electron chi connectivity index (χ1n) is 7.09. The molecule has 20 heavy (non-hydrogen) atoms. The van der Waals surface area contributed by atoms with Gasteiger partial charge in [-0.25, -0.2) is 4.39 Å². The van der Waals surface area contributed by atoms with Gasteiger partial charge in [0.1, 0.15) is 5.82 Å². The molecule has 1 heterocycles. The largest absolute Gasteiger partial charge is 0.314 e. The molecule has 1 aliphatic rings. The lowest BCUT2D eigenvalue weighted by atomic mass is 9.94.